The fourth-order valence-electron chi connectivity index (χ4n) is 0.788. The molecule has 0 radical (unpaired) electrons. The topological polar surface area (TPSA) is 35.2 Å². The van der Waals surface area contributed by atoms with Crippen molar-refractivity contribution in [3.63, 3.8) is 0 Å². The van der Waals surface area contributed by atoms with E-state index in [-0.39, 0.29) is 11.1 Å². The van der Waals surface area contributed by atoms with Gasteiger partial charge < -0.3 is 0 Å². The maximum atomic E-state index is 12.7. The molecule has 0 fully saturated rings. The number of halogens is 3. The first kappa shape index (κ1) is 9.57. The van der Waals surface area contributed by atoms with Crippen molar-refractivity contribution in [3.05, 3.63) is 33.8 Å². The largest absolute Gasteiger partial charge is 0.300 e. The zero-order chi connectivity index (χ0) is 9.14. The van der Waals surface area contributed by atoms with Gasteiger partial charge in [0.1, 0.15) is 0 Å². The molecule has 1 aromatic carbocycles. The zero-order valence-corrected chi connectivity index (χ0v) is 7.57. The van der Waals surface area contributed by atoms with Crippen molar-refractivity contribution in [3.8, 4) is 0 Å². The number of hydrogen-bond acceptors (Lipinski definition) is 2. The fourth-order valence-corrected chi connectivity index (χ4v) is 1.27. The van der Waals surface area contributed by atoms with Gasteiger partial charge in [-0.25, -0.2) is 14.7 Å². The maximum Gasteiger partial charge on any atom is 0.172 e. The van der Waals surface area contributed by atoms with Crippen LogP contribution in [-0.4, -0.2) is 0 Å². The lowest BCUT2D eigenvalue weighted by Gasteiger charge is -2.01. The van der Waals surface area contributed by atoms with E-state index in [9.17, 15) is 8.78 Å². The molecular formula is C7H6BrF2NO. The van der Waals surface area contributed by atoms with Crippen LogP contribution in [0.1, 0.15) is 5.56 Å². The lowest BCUT2D eigenvalue weighted by atomic mass is 10.2. The first-order valence-corrected chi connectivity index (χ1v) is 3.89. The second kappa shape index (κ2) is 3.93. The summed E-state index contributed by atoms with van der Waals surface area (Å²) in [5.74, 6) is 2.94. The highest BCUT2D eigenvalue weighted by Gasteiger charge is 2.07. The zero-order valence-electron chi connectivity index (χ0n) is 5.98. The summed E-state index contributed by atoms with van der Waals surface area (Å²) in [6.07, 6.45) is 0. The SMILES string of the molecule is NOCc1cc(F)c(F)c(Br)c1. The van der Waals surface area contributed by atoms with Crippen molar-refractivity contribution in [1.82, 2.24) is 0 Å². The van der Waals surface area contributed by atoms with Gasteiger partial charge in [-0.05, 0) is 33.6 Å². The Morgan fingerprint density at radius 2 is 2.08 bits per heavy atom. The van der Waals surface area contributed by atoms with Gasteiger partial charge in [-0.2, -0.15) is 0 Å². The van der Waals surface area contributed by atoms with E-state index < -0.39 is 11.6 Å². The van der Waals surface area contributed by atoms with Gasteiger partial charge in [-0.3, -0.25) is 4.84 Å². The molecule has 12 heavy (non-hydrogen) atoms. The third-order valence-electron chi connectivity index (χ3n) is 1.29. The maximum absolute atomic E-state index is 12.7. The summed E-state index contributed by atoms with van der Waals surface area (Å²) in [5, 5.41) is 0. The van der Waals surface area contributed by atoms with Gasteiger partial charge in [0, 0.05) is 0 Å². The first-order chi connectivity index (χ1) is 5.65. The number of hydrogen-bond donors (Lipinski definition) is 1. The molecule has 2 nitrogen and oxygen atoms in total. The summed E-state index contributed by atoms with van der Waals surface area (Å²) in [7, 11) is 0. The Morgan fingerprint density at radius 1 is 1.42 bits per heavy atom. The second-order valence-corrected chi connectivity index (χ2v) is 3.04. The molecule has 0 aliphatic rings. The molecule has 0 unspecified atom stereocenters. The highest BCUT2D eigenvalue weighted by Crippen LogP contribution is 2.20. The van der Waals surface area contributed by atoms with E-state index in [0.29, 0.717) is 5.56 Å². The summed E-state index contributed by atoms with van der Waals surface area (Å²) in [5.41, 5.74) is 0.475. The molecule has 0 aromatic heterocycles. The van der Waals surface area contributed by atoms with Gasteiger partial charge in [0.25, 0.3) is 0 Å². The molecule has 5 heteroatoms. The van der Waals surface area contributed by atoms with E-state index in [2.05, 4.69) is 20.8 Å². The molecule has 0 amide bonds. The average Bonchev–Trinajstić information content (AvgIpc) is 2.01. The molecule has 1 aromatic rings. The van der Waals surface area contributed by atoms with Crippen molar-refractivity contribution in [2.45, 2.75) is 6.61 Å². The Hall–Kier alpha value is -0.520. The molecule has 0 atom stereocenters. The van der Waals surface area contributed by atoms with Crippen molar-refractivity contribution in [1.29, 1.82) is 0 Å². The molecule has 66 valence electrons. The van der Waals surface area contributed by atoms with Crippen LogP contribution >= 0.6 is 15.9 Å². The quantitative estimate of drug-likeness (QED) is 0.632. The Labute approximate surface area is 76.4 Å². The Morgan fingerprint density at radius 3 is 2.58 bits per heavy atom. The van der Waals surface area contributed by atoms with Gasteiger partial charge >= 0.3 is 0 Å². The summed E-state index contributed by atoms with van der Waals surface area (Å²) in [6, 6.07) is 2.44. The van der Waals surface area contributed by atoms with E-state index in [0.717, 1.165) is 6.07 Å². The van der Waals surface area contributed by atoms with Crippen LogP contribution in [0.3, 0.4) is 0 Å². The second-order valence-electron chi connectivity index (χ2n) is 2.18. The Bertz CT molecular complexity index is 270. The molecule has 0 bridgehead atoms. The fraction of sp³-hybridized carbons (Fsp3) is 0.143. The predicted octanol–water partition coefficient (Wildman–Crippen LogP) is 2.12. The smallest absolute Gasteiger partial charge is 0.172 e. The van der Waals surface area contributed by atoms with Crippen molar-refractivity contribution >= 4 is 15.9 Å². The monoisotopic (exact) mass is 237 g/mol. The lowest BCUT2D eigenvalue weighted by Crippen LogP contribution is -2.00. The lowest BCUT2D eigenvalue weighted by molar-refractivity contribution is 0.123. The van der Waals surface area contributed by atoms with Crippen LogP contribution in [0.5, 0.6) is 0 Å². The third kappa shape index (κ3) is 2.00. The van der Waals surface area contributed by atoms with Crippen LogP contribution in [0.25, 0.3) is 0 Å². The van der Waals surface area contributed by atoms with Crippen molar-refractivity contribution in [2.75, 3.05) is 0 Å². The molecule has 0 heterocycles. The molecule has 0 saturated heterocycles. The van der Waals surface area contributed by atoms with Gasteiger partial charge in [0.2, 0.25) is 0 Å². The molecule has 0 aliphatic heterocycles. The van der Waals surface area contributed by atoms with Crippen molar-refractivity contribution < 1.29 is 13.6 Å². The molecular weight excluding hydrogens is 232 g/mol. The van der Waals surface area contributed by atoms with E-state index in [1.807, 2.05) is 0 Å². The van der Waals surface area contributed by atoms with Crippen molar-refractivity contribution in [2.24, 2.45) is 5.90 Å². The molecule has 0 saturated carbocycles. The van der Waals surface area contributed by atoms with Crippen LogP contribution in [0, 0.1) is 11.6 Å². The van der Waals surface area contributed by atoms with Crippen LogP contribution in [-0.2, 0) is 11.4 Å². The van der Waals surface area contributed by atoms with E-state index >= 15 is 0 Å². The highest BCUT2D eigenvalue weighted by atomic mass is 79.9. The molecule has 0 aliphatic carbocycles. The Balaban J connectivity index is 3.04. The number of rotatable bonds is 2. The van der Waals surface area contributed by atoms with Crippen LogP contribution in [0.2, 0.25) is 0 Å². The van der Waals surface area contributed by atoms with E-state index in [4.69, 9.17) is 5.90 Å². The van der Waals surface area contributed by atoms with Gasteiger partial charge in [-0.15, -0.1) is 0 Å². The van der Waals surface area contributed by atoms with Crippen LogP contribution in [0.4, 0.5) is 8.78 Å². The highest BCUT2D eigenvalue weighted by molar-refractivity contribution is 9.10. The normalized spacial score (nSPS) is 10.3. The number of nitrogens with two attached hydrogens (primary N) is 1. The summed E-state index contributed by atoms with van der Waals surface area (Å²) in [6.45, 7) is 0.0514. The van der Waals surface area contributed by atoms with Gasteiger partial charge in [0.05, 0.1) is 11.1 Å². The minimum Gasteiger partial charge on any atom is -0.300 e. The van der Waals surface area contributed by atoms with Gasteiger partial charge in [0.15, 0.2) is 11.6 Å². The van der Waals surface area contributed by atoms with Crippen LogP contribution in [0.15, 0.2) is 16.6 Å². The molecule has 0 spiro atoms. The summed E-state index contributed by atoms with van der Waals surface area (Å²) in [4.78, 5) is 4.27. The molecule has 2 N–H and O–H groups in total. The minimum absolute atomic E-state index is 0.0514. The first-order valence-electron chi connectivity index (χ1n) is 3.10. The Kier molecular flexibility index (Phi) is 3.13. The van der Waals surface area contributed by atoms with Gasteiger partial charge in [-0.1, -0.05) is 0 Å². The molecule has 1 rings (SSSR count). The average molecular weight is 238 g/mol. The summed E-state index contributed by atoms with van der Waals surface area (Å²) < 4.78 is 25.4. The third-order valence-corrected chi connectivity index (χ3v) is 1.87. The minimum atomic E-state index is -0.920. The van der Waals surface area contributed by atoms with E-state index in [1.54, 1.807) is 0 Å². The number of benzene rings is 1. The van der Waals surface area contributed by atoms with Crippen LogP contribution < -0.4 is 5.90 Å². The summed E-state index contributed by atoms with van der Waals surface area (Å²) >= 11 is 2.86. The standard InChI is InChI=1S/C7H6BrF2NO/c8-5-1-4(3-12-11)2-6(9)7(5)10/h1-2H,3,11H2. The van der Waals surface area contributed by atoms with E-state index in [1.165, 1.54) is 6.07 Å². The predicted molar refractivity (Wildman–Crippen MR) is 43.0 cm³/mol.